The molecule has 3 nitrogen and oxygen atoms in total. The van der Waals surface area contributed by atoms with E-state index in [0.29, 0.717) is 22.2 Å². The summed E-state index contributed by atoms with van der Waals surface area (Å²) in [5, 5.41) is 12.9. The summed E-state index contributed by atoms with van der Waals surface area (Å²) >= 11 is 12.3. The fourth-order valence-corrected chi connectivity index (χ4v) is 2.91. The Kier molecular flexibility index (Phi) is 3.91. The van der Waals surface area contributed by atoms with Gasteiger partial charge in [-0.25, -0.2) is 4.84 Å². The van der Waals surface area contributed by atoms with Crippen molar-refractivity contribution < 1.29 is 9.94 Å². The number of hydroxylamine groups is 2. The van der Waals surface area contributed by atoms with Crippen LogP contribution in [0.2, 0.25) is 10.0 Å². The van der Waals surface area contributed by atoms with Gasteiger partial charge in [0.15, 0.2) is 0 Å². The van der Waals surface area contributed by atoms with E-state index in [0.717, 1.165) is 5.56 Å². The maximum absolute atomic E-state index is 10.7. The standard InChI is InChI=1S/C16H13Cl2NO2/c17-13-7-4-8-14(18)15(13)16(20)9-10-19(21-16)11-12-5-2-1-3-6-12/h1-10,20H,11H2. The van der Waals surface area contributed by atoms with E-state index in [9.17, 15) is 5.11 Å². The summed E-state index contributed by atoms with van der Waals surface area (Å²) in [6.45, 7) is 0.516. The molecule has 21 heavy (non-hydrogen) atoms. The van der Waals surface area contributed by atoms with E-state index in [1.807, 2.05) is 30.3 Å². The first-order valence-corrected chi connectivity index (χ1v) is 7.20. The van der Waals surface area contributed by atoms with Crippen molar-refractivity contribution in [3.05, 3.63) is 82.0 Å². The first-order valence-electron chi connectivity index (χ1n) is 6.44. The smallest absolute Gasteiger partial charge is 0.241 e. The fraction of sp³-hybridized carbons (Fsp3) is 0.125. The molecule has 108 valence electrons. The minimum atomic E-state index is -1.65. The molecule has 1 N–H and O–H groups in total. The lowest BCUT2D eigenvalue weighted by Crippen LogP contribution is -2.29. The Balaban J connectivity index is 1.82. The molecule has 2 aromatic carbocycles. The molecule has 1 heterocycles. The van der Waals surface area contributed by atoms with Crippen LogP contribution < -0.4 is 0 Å². The van der Waals surface area contributed by atoms with Crippen molar-refractivity contribution in [1.82, 2.24) is 5.06 Å². The molecule has 2 aromatic rings. The normalized spacial score (nSPS) is 21.0. The first kappa shape index (κ1) is 14.4. The molecule has 5 heteroatoms. The van der Waals surface area contributed by atoms with E-state index in [2.05, 4.69) is 0 Å². The lowest BCUT2D eigenvalue weighted by molar-refractivity contribution is -0.280. The van der Waals surface area contributed by atoms with Crippen molar-refractivity contribution >= 4 is 23.2 Å². The molecule has 0 saturated heterocycles. The van der Waals surface area contributed by atoms with Crippen molar-refractivity contribution in [2.24, 2.45) is 0 Å². The van der Waals surface area contributed by atoms with Gasteiger partial charge >= 0.3 is 0 Å². The molecule has 0 aliphatic carbocycles. The fourth-order valence-electron chi connectivity index (χ4n) is 2.24. The third kappa shape index (κ3) is 2.92. The molecule has 1 unspecified atom stereocenters. The summed E-state index contributed by atoms with van der Waals surface area (Å²) in [4.78, 5) is 5.61. The Morgan fingerprint density at radius 3 is 2.33 bits per heavy atom. The van der Waals surface area contributed by atoms with Crippen LogP contribution in [0.4, 0.5) is 0 Å². The Morgan fingerprint density at radius 1 is 1.00 bits per heavy atom. The van der Waals surface area contributed by atoms with Gasteiger partial charge in [-0.2, -0.15) is 0 Å². The van der Waals surface area contributed by atoms with Crippen LogP contribution in [0.15, 0.2) is 60.8 Å². The van der Waals surface area contributed by atoms with Gasteiger partial charge in [0.2, 0.25) is 5.79 Å². The van der Waals surface area contributed by atoms with E-state index < -0.39 is 5.79 Å². The third-order valence-electron chi connectivity index (χ3n) is 3.23. The molecule has 1 aliphatic heterocycles. The number of hydrogen-bond acceptors (Lipinski definition) is 3. The second kappa shape index (κ2) is 5.70. The number of nitrogens with zero attached hydrogens (tertiary/aromatic N) is 1. The molecular weight excluding hydrogens is 309 g/mol. The molecule has 1 atom stereocenters. The van der Waals surface area contributed by atoms with Gasteiger partial charge in [-0.15, -0.1) is 0 Å². The van der Waals surface area contributed by atoms with E-state index in [1.165, 1.54) is 6.08 Å². The molecule has 0 aromatic heterocycles. The highest BCUT2D eigenvalue weighted by atomic mass is 35.5. The highest BCUT2D eigenvalue weighted by Gasteiger charge is 2.38. The molecular formula is C16H13Cl2NO2. The van der Waals surface area contributed by atoms with Crippen molar-refractivity contribution in [2.75, 3.05) is 0 Å². The van der Waals surface area contributed by atoms with Crippen LogP contribution in [0.1, 0.15) is 11.1 Å². The monoisotopic (exact) mass is 321 g/mol. The van der Waals surface area contributed by atoms with Crippen molar-refractivity contribution in [1.29, 1.82) is 0 Å². The molecule has 0 radical (unpaired) electrons. The first-order chi connectivity index (χ1) is 10.1. The van der Waals surface area contributed by atoms with Gasteiger partial charge in [0.1, 0.15) is 0 Å². The summed E-state index contributed by atoms with van der Waals surface area (Å²) < 4.78 is 0. The van der Waals surface area contributed by atoms with Crippen LogP contribution in [-0.4, -0.2) is 10.2 Å². The molecule has 0 spiro atoms. The molecule has 0 fully saturated rings. The van der Waals surface area contributed by atoms with Gasteiger partial charge in [0, 0.05) is 6.20 Å². The van der Waals surface area contributed by atoms with Crippen molar-refractivity contribution in [3.8, 4) is 0 Å². The number of halogens is 2. The summed E-state index contributed by atoms with van der Waals surface area (Å²) in [5.41, 5.74) is 1.41. The minimum absolute atomic E-state index is 0.347. The second-order valence-electron chi connectivity index (χ2n) is 4.76. The maximum atomic E-state index is 10.7. The summed E-state index contributed by atoms with van der Waals surface area (Å²) in [7, 11) is 0. The third-order valence-corrected chi connectivity index (χ3v) is 3.86. The van der Waals surface area contributed by atoms with Crippen LogP contribution in [0, 0.1) is 0 Å². The lowest BCUT2D eigenvalue weighted by atomic mass is 10.1. The zero-order chi connectivity index (χ0) is 14.9. The average Bonchev–Trinajstić information content (AvgIpc) is 2.81. The van der Waals surface area contributed by atoms with Crippen molar-refractivity contribution in [3.63, 3.8) is 0 Å². The summed E-state index contributed by atoms with van der Waals surface area (Å²) in [5.74, 6) is -1.65. The largest absolute Gasteiger partial charge is 0.357 e. The van der Waals surface area contributed by atoms with Gasteiger partial charge in [-0.1, -0.05) is 59.6 Å². The number of hydrogen-bond donors (Lipinski definition) is 1. The van der Waals surface area contributed by atoms with E-state index >= 15 is 0 Å². The van der Waals surface area contributed by atoms with Crippen LogP contribution in [0.5, 0.6) is 0 Å². The van der Waals surface area contributed by atoms with Gasteiger partial charge in [0.05, 0.1) is 22.2 Å². The van der Waals surface area contributed by atoms with Crippen LogP contribution >= 0.6 is 23.2 Å². The zero-order valence-corrected chi connectivity index (χ0v) is 12.6. The highest BCUT2D eigenvalue weighted by Crippen LogP contribution is 2.39. The topological polar surface area (TPSA) is 32.7 Å². The Hall–Kier alpha value is -1.52. The molecule has 3 rings (SSSR count). The van der Waals surface area contributed by atoms with Crippen molar-refractivity contribution in [2.45, 2.75) is 12.3 Å². The maximum Gasteiger partial charge on any atom is 0.241 e. The quantitative estimate of drug-likeness (QED) is 0.923. The predicted octanol–water partition coefficient (Wildman–Crippen LogP) is 4.10. The highest BCUT2D eigenvalue weighted by molar-refractivity contribution is 6.36. The molecule has 0 bridgehead atoms. The van der Waals surface area contributed by atoms with E-state index in [4.69, 9.17) is 28.0 Å². The molecule has 0 amide bonds. The summed E-state index contributed by atoms with van der Waals surface area (Å²) in [6.07, 6.45) is 3.20. The number of rotatable bonds is 3. The van der Waals surface area contributed by atoms with Gasteiger partial charge in [-0.05, 0) is 23.8 Å². The predicted molar refractivity (Wildman–Crippen MR) is 82.6 cm³/mol. The van der Waals surface area contributed by atoms with Gasteiger partial charge < -0.3 is 5.11 Å². The van der Waals surface area contributed by atoms with Gasteiger partial charge in [-0.3, -0.25) is 5.06 Å². The van der Waals surface area contributed by atoms with Crippen LogP contribution in [0.25, 0.3) is 0 Å². The van der Waals surface area contributed by atoms with Gasteiger partial charge in [0.25, 0.3) is 0 Å². The second-order valence-corrected chi connectivity index (χ2v) is 5.58. The SMILES string of the molecule is OC1(c2c(Cl)cccc2Cl)C=CN(Cc2ccccc2)O1. The summed E-state index contributed by atoms with van der Waals surface area (Å²) in [6, 6.07) is 14.9. The lowest BCUT2D eigenvalue weighted by Gasteiger charge is -2.26. The van der Waals surface area contributed by atoms with Crippen LogP contribution in [-0.2, 0) is 17.2 Å². The van der Waals surface area contributed by atoms with Crippen LogP contribution in [0.3, 0.4) is 0 Å². The Bertz CT molecular complexity index is 655. The Labute approximate surface area is 132 Å². The minimum Gasteiger partial charge on any atom is -0.357 e. The van der Waals surface area contributed by atoms with E-state index in [1.54, 1.807) is 29.5 Å². The number of benzene rings is 2. The Morgan fingerprint density at radius 2 is 1.67 bits per heavy atom. The average molecular weight is 322 g/mol. The molecule has 0 saturated carbocycles. The van der Waals surface area contributed by atoms with E-state index in [-0.39, 0.29) is 0 Å². The molecule has 1 aliphatic rings. The zero-order valence-electron chi connectivity index (χ0n) is 11.0. The number of aliphatic hydroxyl groups is 1.